The van der Waals surface area contributed by atoms with E-state index in [1.807, 2.05) is 48.5 Å². The van der Waals surface area contributed by atoms with Crippen molar-refractivity contribution in [3.8, 4) is 0 Å². The van der Waals surface area contributed by atoms with Crippen molar-refractivity contribution in [2.75, 3.05) is 4.90 Å². The third-order valence-electron chi connectivity index (χ3n) is 4.35. The molecule has 4 aromatic rings. The van der Waals surface area contributed by atoms with Gasteiger partial charge in [0.1, 0.15) is 11.3 Å². The first-order valence-corrected chi connectivity index (χ1v) is 10.1. The van der Waals surface area contributed by atoms with Gasteiger partial charge in [0.05, 0.1) is 11.2 Å². The van der Waals surface area contributed by atoms with Crippen molar-refractivity contribution in [2.45, 2.75) is 6.54 Å². The van der Waals surface area contributed by atoms with Crippen LogP contribution in [0.3, 0.4) is 0 Å². The molecular formula is C23H16ClFN2OS. The molecule has 0 radical (unpaired) electrons. The smallest absolute Gasteiger partial charge is 0.253 e. The zero-order valence-corrected chi connectivity index (χ0v) is 16.8. The minimum Gasteiger partial charge on any atom is -0.280 e. The lowest BCUT2D eigenvalue weighted by molar-refractivity contribution is -0.114. The second-order valence-corrected chi connectivity index (χ2v) is 7.76. The first-order valence-electron chi connectivity index (χ1n) is 8.95. The molecule has 1 amide bonds. The van der Waals surface area contributed by atoms with E-state index >= 15 is 0 Å². The number of fused-ring (bicyclic) bond motifs is 1. The van der Waals surface area contributed by atoms with Crippen LogP contribution in [-0.2, 0) is 11.3 Å². The van der Waals surface area contributed by atoms with E-state index in [-0.39, 0.29) is 11.4 Å². The Morgan fingerprint density at radius 2 is 1.79 bits per heavy atom. The van der Waals surface area contributed by atoms with Crippen LogP contribution in [0.1, 0.15) is 11.1 Å². The molecule has 0 unspecified atom stereocenters. The number of amides is 1. The van der Waals surface area contributed by atoms with E-state index in [1.165, 1.54) is 23.5 Å². The second kappa shape index (κ2) is 8.55. The molecule has 3 nitrogen and oxygen atoms in total. The Morgan fingerprint density at radius 1 is 1.03 bits per heavy atom. The van der Waals surface area contributed by atoms with Gasteiger partial charge in [-0.2, -0.15) is 0 Å². The van der Waals surface area contributed by atoms with Crippen molar-refractivity contribution in [1.29, 1.82) is 0 Å². The highest BCUT2D eigenvalue weighted by Crippen LogP contribution is 2.31. The maximum Gasteiger partial charge on any atom is 0.253 e. The van der Waals surface area contributed by atoms with Crippen molar-refractivity contribution < 1.29 is 9.18 Å². The summed E-state index contributed by atoms with van der Waals surface area (Å²) in [6.07, 6.45) is 3.14. The molecular weight excluding hydrogens is 407 g/mol. The number of benzene rings is 3. The van der Waals surface area contributed by atoms with Crippen LogP contribution in [0.4, 0.5) is 9.52 Å². The molecule has 144 valence electrons. The molecule has 0 fully saturated rings. The molecule has 0 N–H and O–H groups in total. The summed E-state index contributed by atoms with van der Waals surface area (Å²) in [6.45, 7) is 0.327. The Labute approximate surface area is 176 Å². The third kappa shape index (κ3) is 4.36. The standard InChI is InChI=1S/C23H16ClFN2OS/c24-18-10-5-4-9-17(18)13-14-21(28)27(15-16-7-2-1-3-8-16)23-26-22-19(25)11-6-12-20(22)29-23/h1-14H,15H2/b14-13+. The molecule has 0 spiro atoms. The molecule has 3 aromatic carbocycles. The Hall–Kier alpha value is -3.02. The molecule has 0 aliphatic heterocycles. The summed E-state index contributed by atoms with van der Waals surface area (Å²) in [6, 6.07) is 21.7. The molecule has 0 atom stereocenters. The predicted octanol–water partition coefficient (Wildman–Crippen LogP) is 6.34. The van der Waals surface area contributed by atoms with Gasteiger partial charge in [0.2, 0.25) is 0 Å². The number of nitrogens with zero attached hydrogens (tertiary/aromatic N) is 2. The van der Waals surface area contributed by atoms with Gasteiger partial charge >= 0.3 is 0 Å². The number of hydrogen-bond acceptors (Lipinski definition) is 3. The lowest BCUT2D eigenvalue weighted by atomic mass is 10.2. The Balaban J connectivity index is 1.70. The number of carbonyl (C=O) groups is 1. The molecule has 1 heterocycles. The van der Waals surface area contributed by atoms with Gasteiger partial charge in [0.25, 0.3) is 5.91 Å². The minimum absolute atomic E-state index is 0.256. The van der Waals surface area contributed by atoms with E-state index in [0.29, 0.717) is 21.4 Å². The van der Waals surface area contributed by atoms with Crippen molar-refractivity contribution in [1.82, 2.24) is 4.98 Å². The molecule has 0 saturated heterocycles. The van der Waals surface area contributed by atoms with E-state index < -0.39 is 5.82 Å². The average Bonchev–Trinajstić information content (AvgIpc) is 3.17. The summed E-state index contributed by atoms with van der Waals surface area (Å²) in [5, 5.41) is 1.01. The highest BCUT2D eigenvalue weighted by atomic mass is 35.5. The number of thiazole rings is 1. The average molecular weight is 423 g/mol. The lowest BCUT2D eigenvalue weighted by Crippen LogP contribution is -2.28. The molecule has 6 heteroatoms. The van der Waals surface area contributed by atoms with Crippen molar-refractivity contribution in [3.63, 3.8) is 0 Å². The van der Waals surface area contributed by atoms with Gasteiger partial charge < -0.3 is 0 Å². The van der Waals surface area contributed by atoms with Crippen LogP contribution in [0.25, 0.3) is 16.3 Å². The monoisotopic (exact) mass is 422 g/mol. The first-order chi connectivity index (χ1) is 14.1. The number of para-hydroxylation sites is 1. The fourth-order valence-corrected chi connectivity index (χ4v) is 4.07. The van der Waals surface area contributed by atoms with E-state index in [9.17, 15) is 9.18 Å². The molecule has 0 aliphatic rings. The molecule has 1 aromatic heterocycles. The van der Waals surface area contributed by atoms with Crippen LogP contribution in [0.2, 0.25) is 5.02 Å². The minimum atomic E-state index is -0.399. The summed E-state index contributed by atoms with van der Waals surface area (Å²) in [7, 11) is 0. The van der Waals surface area contributed by atoms with Crippen LogP contribution in [-0.4, -0.2) is 10.9 Å². The van der Waals surface area contributed by atoms with Crippen molar-refractivity contribution in [2.24, 2.45) is 0 Å². The zero-order valence-electron chi connectivity index (χ0n) is 15.3. The Kier molecular flexibility index (Phi) is 5.69. The van der Waals surface area contributed by atoms with E-state index in [0.717, 1.165) is 11.1 Å². The van der Waals surface area contributed by atoms with Crippen LogP contribution >= 0.6 is 22.9 Å². The highest BCUT2D eigenvalue weighted by Gasteiger charge is 2.19. The summed E-state index contributed by atoms with van der Waals surface area (Å²) in [5.41, 5.74) is 1.97. The predicted molar refractivity (Wildman–Crippen MR) is 118 cm³/mol. The van der Waals surface area contributed by atoms with Gasteiger partial charge in [0, 0.05) is 11.1 Å². The Morgan fingerprint density at radius 3 is 2.55 bits per heavy atom. The fourth-order valence-electron chi connectivity index (χ4n) is 2.89. The SMILES string of the molecule is O=C(/C=C/c1ccccc1Cl)N(Cc1ccccc1)c1nc2c(F)cccc2s1. The third-order valence-corrected chi connectivity index (χ3v) is 5.74. The van der Waals surface area contributed by atoms with Gasteiger partial charge in [0.15, 0.2) is 5.13 Å². The zero-order chi connectivity index (χ0) is 20.2. The number of carbonyl (C=O) groups excluding carboxylic acids is 1. The fraction of sp³-hybridized carbons (Fsp3) is 0.0435. The number of rotatable bonds is 5. The summed E-state index contributed by atoms with van der Waals surface area (Å²) < 4.78 is 14.8. The van der Waals surface area contributed by atoms with E-state index in [4.69, 9.17) is 11.6 Å². The van der Waals surface area contributed by atoms with E-state index in [2.05, 4.69) is 4.98 Å². The molecule has 29 heavy (non-hydrogen) atoms. The Bertz CT molecular complexity index is 1190. The van der Waals surface area contributed by atoms with Gasteiger partial charge in [-0.1, -0.05) is 77.5 Å². The lowest BCUT2D eigenvalue weighted by Gasteiger charge is -2.18. The largest absolute Gasteiger partial charge is 0.280 e. The van der Waals surface area contributed by atoms with E-state index in [1.54, 1.807) is 29.2 Å². The van der Waals surface area contributed by atoms with Gasteiger partial charge in [-0.05, 0) is 35.4 Å². The maximum atomic E-state index is 14.1. The number of aromatic nitrogens is 1. The quantitative estimate of drug-likeness (QED) is 0.352. The van der Waals surface area contributed by atoms with Crippen molar-refractivity contribution >= 4 is 50.3 Å². The van der Waals surface area contributed by atoms with Crippen LogP contribution in [0.5, 0.6) is 0 Å². The topological polar surface area (TPSA) is 33.2 Å². The first kappa shape index (κ1) is 19.3. The molecule has 4 rings (SSSR count). The normalized spacial score (nSPS) is 11.2. The van der Waals surface area contributed by atoms with Gasteiger partial charge in [-0.15, -0.1) is 0 Å². The molecule has 0 saturated carbocycles. The van der Waals surface area contributed by atoms with Crippen LogP contribution < -0.4 is 4.90 Å². The number of anilines is 1. The molecule has 0 bridgehead atoms. The second-order valence-electron chi connectivity index (χ2n) is 6.35. The van der Waals surface area contributed by atoms with Crippen molar-refractivity contribution in [3.05, 3.63) is 101 Å². The summed E-state index contributed by atoms with van der Waals surface area (Å²) in [4.78, 5) is 19.0. The summed E-state index contributed by atoms with van der Waals surface area (Å²) in [5.74, 6) is -0.656. The summed E-state index contributed by atoms with van der Waals surface area (Å²) >= 11 is 7.46. The highest BCUT2D eigenvalue weighted by molar-refractivity contribution is 7.22. The number of halogens is 2. The van der Waals surface area contributed by atoms with Crippen LogP contribution in [0, 0.1) is 5.82 Å². The van der Waals surface area contributed by atoms with Gasteiger partial charge in [-0.3, -0.25) is 9.69 Å². The number of hydrogen-bond donors (Lipinski definition) is 0. The maximum absolute atomic E-state index is 14.1. The molecule has 0 aliphatic carbocycles. The van der Waals surface area contributed by atoms with Gasteiger partial charge in [-0.25, -0.2) is 9.37 Å². The van der Waals surface area contributed by atoms with Crippen LogP contribution in [0.15, 0.2) is 78.9 Å².